The number of benzene rings is 1. The fraction of sp³-hybridized carbons (Fsp3) is 0.538. The Bertz CT molecular complexity index is 499. The van der Waals surface area contributed by atoms with E-state index in [1.54, 1.807) is 0 Å². The highest BCUT2D eigenvalue weighted by molar-refractivity contribution is 7.88. The molecule has 0 aliphatic carbocycles. The van der Waals surface area contributed by atoms with E-state index in [1.165, 1.54) is 17.4 Å². The van der Waals surface area contributed by atoms with Crippen LogP contribution in [0.5, 0.6) is 0 Å². The van der Waals surface area contributed by atoms with Gasteiger partial charge in [-0.05, 0) is 30.5 Å². The van der Waals surface area contributed by atoms with Crippen molar-refractivity contribution in [3.8, 4) is 0 Å². The molecule has 1 aromatic carbocycles. The Morgan fingerprint density at radius 3 is 2.72 bits per heavy atom. The highest BCUT2D eigenvalue weighted by Crippen LogP contribution is 2.18. The largest absolute Gasteiger partial charge is 0.299 e. The molecule has 100 valence electrons. The Balaban J connectivity index is 1.77. The number of sulfonamides is 1. The van der Waals surface area contributed by atoms with Crippen LogP contribution in [-0.2, 0) is 23.0 Å². The SMILES string of the molecule is CS(=O)(=O)NCCCN1CCc2ccccc2C1. The van der Waals surface area contributed by atoms with E-state index < -0.39 is 10.0 Å². The second kappa shape index (κ2) is 5.82. The van der Waals surface area contributed by atoms with E-state index in [1.807, 2.05) is 0 Å². The summed E-state index contributed by atoms with van der Waals surface area (Å²) in [5, 5.41) is 0. The van der Waals surface area contributed by atoms with Gasteiger partial charge in [0.15, 0.2) is 0 Å². The van der Waals surface area contributed by atoms with E-state index in [0.717, 1.165) is 32.5 Å². The van der Waals surface area contributed by atoms with E-state index in [0.29, 0.717) is 6.54 Å². The average Bonchev–Trinajstić information content (AvgIpc) is 2.33. The van der Waals surface area contributed by atoms with Crippen molar-refractivity contribution in [2.24, 2.45) is 0 Å². The first-order chi connectivity index (χ1) is 8.54. The van der Waals surface area contributed by atoms with Crippen molar-refractivity contribution in [2.45, 2.75) is 19.4 Å². The van der Waals surface area contributed by atoms with Gasteiger partial charge in [0.25, 0.3) is 0 Å². The van der Waals surface area contributed by atoms with E-state index in [2.05, 4.69) is 33.9 Å². The maximum absolute atomic E-state index is 10.9. The van der Waals surface area contributed by atoms with Crippen LogP contribution < -0.4 is 4.72 Å². The van der Waals surface area contributed by atoms with Gasteiger partial charge in [0.05, 0.1) is 6.26 Å². The summed E-state index contributed by atoms with van der Waals surface area (Å²) in [6.07, 6.45) is 3.15. The lowest BCUT2D eigenvalue weighted by molar-refractivity contribution is 0.251. The maximum Gasteiger partial charge on any atom is 0.208 e. The Kier molecular flexibility index (Phi) is 4.37. The molecule has 1 aliphatic heterocycles. The van der Waals surface area contributed by atoms with Crippen LogP contribution in [0, 0.1) is 0 Å². The lowest BCUT2D eigenvalue weighted by atomic mass is 10.00. The van der Waals surface area contributed by atoms with Gasteiger partial charge in [0.1, 0.15) is 0 Å². The van der Waals surface area contributed by atoms with Crippen molar-refractivity contribution in [3.05, 3.63) is 35.4 Å². The normalized spacial score (nSPS) is 16.5. The second-order valence-electron chi connectivity index (χ2n) is 4.81. The Morgan fingerprint density at radius 2 is 2.00 bits per heavy atom. The molecule has 2 rings (SSSR count). The molecule has 4 nitrogen and oxygen atoms in total. The van der Waals surface area contributed by atoms with Crippen molar-refractivity contribution in [3.63, 3.8) is 0 Å². The van der Waals surface area contributed by atoms with Gasteiger partial charge in [0, 0.05) is 19.6 Å². The second-order valence-corrected chi connectivity index (χ2v) is 6.65. The van der Waals surface area contributed by atoms with E-state index in [9.17, 15) is 8.42 Å². The summed E-state index contributed by atoms with van der Waals surface area (Å²) in [6, 6.07) is 8.53. The van der Waals surface area contributed by atoms with Crippen LogP contribution in [0.15, 0.2) is 24.3 Å². The molecule has 1 N–H and O–H groups in total. The van der Waals surface area contributed by atoms with E-state index >= 15 is 0 Å². The Morgan fingerprint density at radius 1 is 1.28 bits per heavy atom. The summed E-state index contributed by atoms with van der Waals surface area (Å²) in [7, 11) is -3.04. The van der Waals surface area contributed by atoms with Gasteiger partial charge >= 0.3 is 0 Å². The molecular weight excluding hydrogens is 248 g/mol. The molecule has 0 unspecified atom stereocenters. The predicted molar refractivity (Wildman–Crippen MR) is 72.9 cm³/mol. The van der Waals surface area contributed by atoms with Gasteiger partial charge in [-0.15, -0.1) is 0 Å². The van der Waals surface area contributed by atoms with Crippen LogP contribution in [0.2, 0.25) is 0 Å². The van der Waals surface area contributed by atoms with Crippen molar-refractivity contribution in [2.75, 3.05) is 25.9 Å². The fourth-order valence-electron chi connectivity index (χ4n) is 2.31. The number of hydrogen-bond donors (Lipinski definition) is 1. The molecule has 0 fully saturated rings. The third kappa shape index (κ3) is 4.08. The predicted octanol–water partition coefficient (Wildman–Crippen LogP) is 0.984. The van der Waals surface area contributed by atoms with E-state index in [4.69, 9.17) is 0 Å². The van der Waals surface area contributed by atoms with E-state index in [-0.39, 0.29) is 0 Å². The monoisotopic (exact) mass is 268 g/mol. The maximum atomic E-state index is 10.9. The van der Waals surface area contributed by atoms with Crippen LogP contribution >= 0.6 is 0 Å². The third-order valence-corrected chi connectivity index (χ3v) is 3.95. The first-order valence-corrected chi connectivity index (χ1v) is 8.17. The number of rotatable bonds is 5. The number of nitrogens with zero attached hydrogens (tertiary/aromatic N) is 1. The van der Waals surface area contributed by atoms with Crippen LogP contribution in [-0.4, -0.2) is 39.2 Å². The summed E-state index contributed by atoms with van der Waals surface area (Å²) < 4.78 is 24.4. The minimum atomic E-state index is -3.04. The van der Waals surface area contributed by atoms with Crippen molar-refractivity contribution in [1.82, 2.24) is 9.62 Å². The summed E-state index contributed by atoms with van der Waals surface area (Å²) in [4.78, 5) is 2.38. The molecule has 5 heteroatoms. The zero-order valence-corrected chi connectivity index (χ0v) is 11.5. The van der Waals surface area contributed by atoms with Crippen LogP contribution in [0.1, 0.15) is 17.5 Å². The Labute approximate surface area is 109 Å². The minimum absolute atomic E-state index is 0.525. The third-order valence-electron chi connectivity index (χ3n) is 3.23. The molecular formula is C13H20N2O2S. The lowest BCUT2D eigenvalue weighted by Gasteiger charge is -2.28. The molecule has 0 amide bonds. The smallest absolute Gasteiger partial charge is 0.208 e. The first-order valence-electron chi connectivity index (χ1n) is 6.28. The molecule has 1 aliphatic rings. The number of fused-ring (bicyclic) bond motifs is 1. The fourth-order valence-corrected chi connectivity index (χ4v) is 2.82. The standard InChI is InChI=1S/C13H20N2O2S/c1-18(16,17)14-8-4-9-15-10-7-12-5-2-3-6-13(12)11-15/h2-3,5-6,14H,4,7-11H2,1H3. The van der Waals surface area contributed by atoms with Gasteiger partial charge in [-0.25, -0.2) is 13.1 Å². The molecule has 0 radical (unpaired) electrons. The van der Waals surface area contributed by atoms with Crippen molar-refractivity contribution >= 4 is 10.0 Å². The lowest BCUT2D eigenvalue weighted by Crippen LogP contribution is -2.33. The van der Waals surface area contributed by atoms with Crippen molar-refractivity contribution in [1.29, 1.82) is 0 Å². The molecule has 0 aromatic heterocycles. The van der Waals surface area contributed by atoms with Crippen molar-refractivity contribution < 1.29 is 8.42 Å². The quantitative estimate of drug-likeness (QED) is 0.810. The summed E-state index contributed by atoms with van der Waals surface area (Å²) >= 11 is 0. The first kappa shape index (κ1) is 13.5. The zero-order chi connectivity index (χ0) is 13.0. The van der Waals surface area contributed by atoms with Crippen LogP contribution in [0.3, 0.4) is 0 Å². The van der Waals surface area contributed by atoms with Gasteiger partial charge in [-0.2, -0.15) is 0 Å². The number of nitrogens with one attached hydrogen (secondary N) is 1. The van der Waals surface area contributed by atoms with Gasteiger partial charge in [0.2, 0.25) is 10.0 Å². The molecule has 0 spiro atoms. The molecule has 18 heavy (non-hydrogen) atoms. The summed E-state index contributed by atoms with van der Waals surface area (Å²) in [6.45, 7) is 3.51. The van der Waals surface area contributed by atoms with Crippen LogP contribution in [0.25, 0.3) is 0 Å². The molecule has 1 heterocycles. The molecule has 1 aromatic rings. The highest BCUT2D eigenvalue weighted by Gasteiger charge is 2.14. The molecule has 0 bridgehead atoms. The minimum Gasteiger partial charge on any atom is -0.299 e. The molecule has 0 atom stereocenters. The van der Waals surface area contributed by atoms with Gasteiger partial charge in [-0.1, -0.05) is 24.3 Å². The van der Waals surface area contributed by atoms with Gasteiger partial charge < -0.3 is 0 Å². The highest BCUT2D eigenvalue weighted by atomic mass is 32.2. The average molecular weight is 268 g/mol. The van der Waals surface area contributed by atoms with Crippen LogP contribution in [0.4, 0.5) is 0 Å². The van der Waals surface area contributed by atoms with Gasteiger partial charge in [-0.3, -0.25) is 4.90 Å². The molecule has 0 saturated carbocycles. The number of hydrogen-bond acceptors (Lipinski definition) is 3. The Hall–Kier alpha value is -0.910. The zero-order valence-electron chi connectivity index (χ0n) is 10.7. The topological polar surface area (TPSA) is 49.4 Å². The molecule has 0 saturated heterocycles. The summed E-state index contributed by atoms with van der Waals surface area (Å²) in [5.74, 6) is 0. The summed E-state index contributed by atoms with van der Waals surface area (Å²) in [5.41, 5.74) is 2.85.